The summed E-state index contributed by atoms with van der Waals surface area (Å²) in [6.45, 7) is 1.33. The first-order chi connectivity index (χ1) is 9.38. The molecule has 2 rings (SSSR count). The summed E-state index contributed by atoms with van der Waals surface area (Å²) < 4.78 is 10.6. The van der Waals surface area contributed by atoms with Gasteiger partial charge in [0.1, 0.15) is 24.7 Å². The maximum Gasteiger partial charge on any atom is 0.149 e. The topological polar surface area (TPSA) is 35.1 Å². The third-order valence-corrected chi connectivity index (χ3v) is 3.45. The van der Waals surface area contributed by atoms with E-state index in [9.17, 15) is 0 Å². The van der Waals surface area contributed by atoms with E-state index >= 15 is 0 Å². The van der Waals surface area contributed by atoms with Crippen molar-refractivity contribution in [1.29, 1.82) is 0 Å². The Labute approximate surface area is 115 Å². The molecule has 19 heavy (non-hydrogen) atoms. The smallest absolute Gasteiger partial charge is 0.149 e. The van der Waals surface area contributed by atoms with Gasteiger partial charge in [0.15, 0.2) is 0 Å². The summed E-state index contributed by atoms with van der Waals surface area (Å²) in [4.78, 5) is 0. The Morgan fingerprint density at radius 1 is 1.11 bits per heavy atom. The number of rotatable bonds is 5. The Kier molecular flexibility index (Phi) is 5.58. The fraction of sp³-hybridized carbons (Fsp3) is 0.500. The Morgan fingerprint density at radius 3 is 2.47 bits per heavy atom. The van der Waals surface area contributed by atoms with Crippen molar-refractivity contribution in [1.82, 2.24) is 0 Å². The van der Waals surface area contributed by atoms with Crippen LogP contribution in [0.25, 0.3) is 0 Å². The standard InChI is InChI=1S/C16H21NO2/c1-18-15-8-10-16(11-9-15)19-13-5-4-12-17-14-6-2-3-7-14/h8-11,14,17H,2-3,6-7,12-13H2,1H3/p+1. The molecule has 0 saturated heterocycles. The molecule has 1 aromatic carbocycles. The van der Waals surface area contributed by atoms with Crippen LogP contribution in [0.2, 0.25) is 0 Å². The summed E-state index contributed by atoms with van der Waals surface area (Å²) in [5, 5.41) is 2.35. The highest BCUT2D eigenvalue weighted by atomic mass is 16.5. The number of methoxy groups -OCH3 is 1. The van der Waals surface area contributed by atoms with Gasteiger partial charge in [0.2, 0.25) is 0 Å². The van der Waals surface area contributed by atoms with E-state index in [2.05, 4.69) is 17.2 Å². The number of ether oxygens (including phenoxy) is 2. The second-order valence-electron chi connectivity index (χ2n) is 4.80. The van der Waals surface area contributed by atoms with Gasteiger partial charge in [0.05, 0.1) is 13.2 Å². The normalized spacial score (nSPS) is 14.8. The molecule has 0 bridgehead atoms. The molecule has 1 aromatic rings. The van der Waals surface area contributed by atoms with E-state index in [1.807, 2.05) is 24.3 Å². The molecule has 0 spiro atoms. The van der Waals surface area contributed by atoms with Crippen LogP contribution in [0.4, 0.5) is 0 Å². The Balaban J connectivity index is 1.62. The lowest BCUT2D eigenvalue weighted by Crippen LogP contribution is -2.89. The zero-order valence-electron chi connectivity index (χ0n) is 11.5. The number of hydrogen-bond acceptors (Lipinski definition) is 2. The van der Waals surface area contributed by atoms with Gasteiger partial charge in [0, 0.05) is 0 Å². The van der Waals surface area contributed by atoms with Gasteiger partial charge >= 0.3 is 0 Å². The summed E-state index contributed by atoms with van der Waals surface area (Å²) >= 11 is 0. The molecular formula is C16H22NO2+. The van der Waals surface area contributed by atoms with Gasteiger partial charge < -0.3 is 14.8 Å². The summed E-state index contributed by atoms with van der Waals surface area (Å²) in [6, 6.07) is 8.36. The number of quaternary nitrogens is 1. The van der Waals surface area contributed by atoms with Gasteiger partial charge in [-0.3, -0.25) is 0 Å². The van der Waals surface area contributed by atoms with Gasteiger partial charge in [-0.05, 0) is 55.9 Å². The molecule has 102 valence electrons. The molecule has 2 N–H and O–H groups in total. The Hall–Kier alpha value is -1.66. The molecule has 0 unspecified atom stereocenters. The van der Waals surface area contributed by atoms with E-state index in [1.54, 1.807) is 7.11 Å². The first-order valence-electron chi connectivity index (χ1n) is 6.94. The van der Waals surface area contributed by atoms with Crippen LogP contribution in [0, 0.1) is 11.8 Å². The molecular weight excluding hydrogens is 238 g/mol. The molecule has 0 amide bonds. The molecule has 0 heterocycles. The summed E-state index contributed by atoms with van der Waals surface area (Å²) in [5.41, 5.74) is 0. The van der Waals surface area contributed by atoms with E-state index in [-0.39, 0.29) is 0 Å². The Bertz CT molecular complexity index is 424. The van der Waals surface area contributed by atoms with Crippen molar-refractivity contribution >= 4 is 0 Å². The molecule has 1 fully saturated rings. The van der Waals surface area contributed by atoms with E-state index in [0.29, 0.717) is 6.61 Å². The summed E-state index contributed by atoms with van der Waals surface area (Å²) in [6.07, 6.45) is 5.47. The maximum atomic E-state index is 5.53. The van der Waals surface area contributed by atoms with Crippen LogP contribution < -0.4 is 14.8 Å². The maximum absolute atomic E-state index is 5.53. The van der Waals surface area contributed by atoms with Crippen LogP contribution in [-0.2, 0) is 0 Å². The molecule has 1 aliphatic rings. The van der Waals surface area contributed by atoms with E-state index < -0.39 is 0 Å². The molecule has 0 atom stereocenters. The van der Waals surface area contributed by atoms with E-state index in [1.165, 1.54) is 25.7 Å². The number of benzene rings is 1. The lowest BCUT2D eigenvalue weighted by molar-refractivity contribution is -0.678. The Morgan fingerprint density at radius 2 is 1.79 bits per heavy atom. The van der Waals surface area contributed by atoms with Crippen molar-refractivity contribution in [2.45, 2.75) is 31.7 Å². The van der Waals surface area contributed by atoms with Crippen LogP contribution in [0.3, 0.4) is 0 Å². The minimum Gasteiger partial charge on any atom is -0.497 e. The lowest BCUT2D eigenvalue weighted by Gasteiger charge is -2.04. The van der Waals surface area contributed by atoms with E-state index in [0.717, 1.165) is 24.1 Å². The summed E-state index contributed by atoms with van der Waals surface area (Å²) in [5.74, 6) is 7.87. The third kappa shape index (κ3) is 4.84. The number of hydrogen-bond donors (Lipinski definition) is 1. The SMILES string of the molecule is COc1ccc(OCC#CC[NH2+]C2CCCC2)cc1. The van der Waals surface area contributed by atoms with Gasteiger partial charge in [-0.15, -0.1) is 0 Å². The van der Waals surface area contributed by atoms with Crippen molar-refractivity contribution in [2.75, 3.05) is 20.3 Å². The zero-order chi connectivity index (χ0) is 13.3. The first kappa shape index (κ1) is 13.8. The monoisotopic (exact) mass is 260 g/mol. The van der Waals surface area contributed by atoms with Crippen LogP contribution >= 0.6 is 0 Å². The molecule has 0 aliphatic heterocycles. The largest absolute Gasteiger partial charge is 0.497 e. The average Bonchev–Trinajstić information content (AvgIpc) is 2.96. The second kappa shape index (κ2) is 7.70. The highest BCUT2D eigenvalue weighted by Crippen LogP contribution is 2.16. The van der Waals surface area contributed by atoms with Crippen LogP contribution in [-0.4, -0.2) is 26.3 Å². The molecule has 0 aromatic heterocycles. The fourth-order valence-electron chi connectivity index (χ4n) is 2.33. The molecule has 3 nitrogen and oxygen atoms in total. The molecule has 3 heteroatoms. The average molecular weight is 260 g/mol. The van der Waals surface area contributed by atoms with E-state index in [4.69, 9.17) is 9.47 Å². The molecule has 0 radical (unpaired) electrons. The van der Waals surface area contributed by atoms with Crippen molar-refractivity contribution < 1.29 is 14.8 Å². The number of nitrogens with two attached hydrogens (primary N) is 1. The van der Waals surface area contributed by atoms with Gasteiger partial charge in [0.25, 0.3) is 0 Å². The van der Waals surface area contributed by atoms with Crippen molar-refractivity contribution in [3.05, 3.63) is 24.3 Å². The second-order valence-corrected chi connectivity index (χ2v) is 4.80. The van der Waals surface area contributed by atoms with Crippen LogP contribution in [0.15, 0.2) is 24.3 Å². The van der Waals surface area contributed by atoms with Gasteiger partial charge in [-0.25, -0.2) is 0 Å². The first-order valence-corrected chi connectivity index (χ1v) is 6.94. The predicted octanol–water partition coefficient (Wildman–Crippen LogP) is 1.58. The fourth-order valence-corrected chi connectivity index (χ4v) is 2.33. The van der Waals surface area contributed by atoms with Crippen molar-refractivity contribution in [3.8, 4) is 23.3 Å². The van der Waals surface area contributed by atoms with Crippen molar-refractivity contribution in [2.24, 2.45) is 0 Å². The summed E-state index contributed by atoms with van der Waals surface area (Å²) in [7, 11) is 1.65. The predicted molar refractivity (Wildman–Crippen MR) is 75.3 cm³/mol. The molecule has 1 aliphatic carbocycles. The third-order valence-electron chi connectivity index (χ3n) is 3.45. The molecule has 1 saturated carbocycles. The van der Waals surface area contributed by atoms with Gasteiger partial charge in [-0.1, -0.05) is 5.92 Å². The van der Waals surface area contributed by atoms with Crippen molar-refractivity contribution in [3.63, 3.8) is 0 Å². The minimum atomic E-state index is 0.449. The minimum absolute atomic E-state index is 0.449. The highest BCUT2D eigenvalue weighted by Gasteiger charge is 2.16. The highest BCUT2D eigenvalue weighted by molar-refractivity contribution is 5.31. The van der Waals surface area contributed by atoms with Gasteiger partial charge in [-0.2, -0.15) is 0 Å². The lowest BCUT2D eigenvalue weighted by atomic mass is 10.2. The quantitative estimate of drug-likeness (QED) is 0.816. The zero-order valence-corrected chi connectivity index (χ0v) is 11.5. The van der Waals surface area contributed by atoms with Crippen LogP contribution in [0.1, 0.15) is 25.7 Å². The van der Waals surface area contributed by atoms with Crippen LogP contribution in [0.5, 0.6) is 11.5 Å².